The number of benzene rings is 1. The number of alkyl halides is 2. The SMILES string of the molecule is FC(F)c1cc(OCC2CCCCC2)ccc1Br. The molecule has 2 rings (SSSR count). The van der Waals surface area contributed by atoms with Crippen LogP contribution in [-0.4, -0.2) is 6.61 Å². The molecule has 0 unspecified atom stereocenters. The van der Waals surface area contributed by atoms with Gasteiger partial charge in [-0.2, -0.15) is 0 Å². The van der Waals surface area contributed by atoms with Crippen molar-refractivity contribution < 1.29 is 13.5 Å². The van der Waals surface area contributed by atoms with E-state index in [1.165, 1.54) is 38.2 Å². The van der Waals surface area contributed by atoms with E-state index in [1.807, 2.05) is 0 Å². The first-order valence-corrected chi connectivity index (χ1v) is 7.16. The van der Waals surface area contributed by atoms with E-state index < -0.39 is 6.43 Å². The normalized spacial score (nSPS) is 17.1. The highest BCUT2D eigenvalue weighted by molar-refractivity contribution is 9.10. The number of hydrogen-bond acceptors (Lipinski definition) is 1. The van der Waals surface area contributed by atoms with Crippen LogP contribution in [0.15, 0.2) is 22.7 Å². The first kappa shape index (κ1) is 13.8. The maximum Gasteiger partial charge on any atom is 0.265 e. The van der Waals surface area contributed by atoms with Crippen LogP contribution in [0.4, 0.5) is 8.78 Å². The monoisotopic (exact) mass is 318 g/mol. The van der Waals surface area contributed by atoms with Gasteiger partial charge in [0.1, 0.15) is 5.75 Å². The predicted molar refractivity (Wildman–Crippen MR) is 71.2 cm³/mol. The third-order valence-corrected chi connectivity index (χ3v) is 4.14. The minimum Gasteiger partial charge on any atom is -0.493 e. The summed E-state index contributed by atoms with van der Waals surface area (Å²) >= 11 is 3.12. The first-order chi connectivity index (χ1) is 8.66. The van der Waals surface area contributed by atoms with E-state index in [0.29, 0.717) is 22.7 Å². The number of rotatable bonds is 4. The van der Waals surface area contributed by atoms with Crippen LogP contribution in [0.3, 0.4) is 0 Å². The fourth-order valence-corrected chi connectivity index (χ4v) is 2.77. The van der Waals surface area contributed by atoms with E-state index in [-0.39, 0.29) is 5.56 Å². The van der Waals surface area contributed by atoms with Gasteiger partial charge in [0.2, 0.25) is 0 Å². The molecule has 0 saturated heterocycles. The van der Waals surface area contributed by atoms with Crippen LogP contribution in [0.25, 0.3) is 0 Å². The highest BCUT2D eigenvalue weighted by Gasteiger charge is 2.16. The van der Waals surface area contributed by atoms with Crippen LogP contribution in [0.2, 0.25) is 0 Å². The first-order valence-electron chi connectivity index (χ1n) is 6.37. The third-order valence-electron chi connectivity index (χ3n) is 3.41. The Hall–Kier alpha value is -0.640. The molecule has 1 saturated carbocycles. The highest BCUT2D eigenvalue weighted by Crippen LogP contribution is 2.31. The maximum absolute atomic E-state index is 12.7. The lowest BCUT2D eigenvalue weighted by Gasteiger charge is -2.21. The molecule has 18 heavy (non-hydrogen) atoms. The average Bonchev–Trinajstić information content (AvgIpc) is 2.38. The van der Waals surface area contributed by atoms with Crippen molar-refractivity contribution in [3.63, 3.8) is 0 Å². The van der Waals surface area contributed by atoms with Crippen LogP contribution >= 0.6 is 15.9 Å². The Morgan fingerprint density at radius 2 is 1.94 bits per heavy atom. The van der Waals surface area contributed by atoms with E-state index in [2.05, 4.69) is 15.9 Å². The Labute approximate surface area is 115 Å². The Morgan fingerprint density at radius 1 is 1.22 bits per heavy atom. The molecule has 0 N–H and O–H groups in total. The molecule has 0 bridgehead atoms. The minimum atomic E-state index is -2.47. The second kappa shape index (κ2) is 6.50. The number of ether oxygens (including phenoxy) is 1. The van der Waals surface area contributed by atoms with Crippen molar-refractivity contribution in [3.8, 4) is 5.75 Å². The molecule has 100 valence electrons. The highest BCUT2D eigenvalue weighted by atomic mass is 79.9. The lowest BCUT2D eigenvalue weighted by Crippen LogP contribution is -2.15. The molecule has 4 heteroatoms. The van der Waals surface area contributed by atoms with Gasteiger partial charge < -0.3 is 4.74 Å². The lowest BCUT2D eigenvalue weighted by molar-refractivity contribution is 0.149. The summed E-state index contributed by atoms with van der Waals surface area (Å²) in [5.41, 5.74) is -0.00357. The van der Waals surface area contributed by atoms with Gasteiger partial charge in [-0.05, 0) is 37.0 Å². The smallest absolute Gasteiger partial charge is 0.265 e. The van der Waals surface area contributed by atoms with Crippen molar-refractivity contribution in [1.82, 2.24) is 0 Å². The van der Waals surface area contributed by atoms with Crippen LogP contribution < -0.4 is 4.74 Å². The molecule has 1 aromatic rings. The standard InChI is InChI=1S/C14H17BrF2O/c15-13-7-6-11(8-12(13)14(16)17)18-9-10-4-2-1-3-5-10/h6-8,10,14H,1-5,9H2. The summed E-state index contributed by atoms with van der Waals surface area (Å²) in [7, 11) is 0. The topological polar surface area (TPSA) is 9.23 Å². The summed E-state index contributed by atoms with van der Waals surface area (Å²) < 4.78 is 31.5. The minimum absolute atomic E-state index is 0.00357. The molecule has 0 heterocycles. The molecule has 1 nitrogen and oxygen atoms in total. The van der Waals surface area contributed by atoms with E-state index in [4.69, 9.17) is 4.74 Å². The van der Waals surface area contributed by atoms with Gasteiger partial charge in [-0.1, -0.05) is 35.2 Å². The van der Waals surface area contributed by atoms with Gasteiger partial charge in [0.15, 0.2) is 0 Å². The van der Waals surface area contributed by atoms with Gasteiger partial charge in [-0.15, -0.1) is 0 Å². The van der Waals surface area contributed by atoms with Gasteiger partial charge >= 0.3 is 0 Å². The van der Waals surface area contributed by atoms with E-state index in [1.54, 1.807) is 12.1 Å². The number of hydrogen-bond donors (Lipinski definition) is 0. The molecule has 0 aliphatic heterocycles. The fraction of sp³-hybridized carbons (Fsp3) is 0.571. The van der Waals surface area contributed by atoms with E-state index >= 15 is 0 Å². The molecule has 1 aliphatic rings. The Kier molecular flexibility index (Phi) is 4.98. The third kappa shape index (κ3) is 3.67. The van der Waals surface area contributed by atoms with E-state index in [0.717, 1.165) is 0 Å². The Bertz CT molecular complexity index is 389. The lowest BCUT2D eigenvalue weighted by atomic mass is 9.90. The quantitative estimate of drug-likeness (QED) is 0.727. The van der Waals surface area contributed by atoms with E-state index in [9.17, 15) is 8.78 Å². The van der Waals surface area contributed by atoms with Crippen molar-refractivity contribution in [2.24, 2.45) is 5.92 Å². The molecule has 1 fully saturated rings. The van der Waals surface area contributed by atoms with Crippen LogP contribution in [0.1, 0.15) is 44.1 Å². The largest absolute Gasteiger partial charge is 0.493 e. The average molecular weight is 319 g/mol. The second-order valence-corrected chi connectivity index (χ2v) is 5.65. The van der Waals surface area contributed by atoms with Gasteiger partial charge in [-0.25, -0.2) is 8.78 Å². The van der Waals surface area contributed by atoms with Gasteiger partial charge in [0, 0.05) is 10.0 Å². The molecular formula is C14H17BrF2O. The predicted octanol–water partition coefficient (Wildman–Crippen LogP) is 5.35. The van der Waals surface area contributed by atoms with Gasteiger partial charge in [0.25, 0.3) is 6.43 Å². The molecule has 1 aliphatic carbocycles. The number of halogens is 3. The summed E-state index contributed by atoms with van der Waals surface area (Å²) in [6, 6.07) is 4.79. The molecule has 0 radical (unpaired) electrons. The second-order valence-electron chi connectivity index (χ2n) is 4.80. The summed E-state index contributed by atoms with van der Waals surface area (Å²) in [4.78, 5) is 0. The van der Waals surface area contributed by atoms with Crippen molar-refractivity contribution >= 4 is 15.9 Å². The summed E-state index contributed by atoms with van der Waals surface area (Å²) in [5.74, 6) is 1.12. The van der Waals surface area contributed by atoms with Crippen LogP contribution in [0, 0.1) is 5.92 Å². The Balaban J connectivity index is 1.94. The zero-order valence-electron chi connectivity index (χ0n) is 10.2. The van der Waals surface area contributed by atoms with Crippen molar-refractivity contribution in [2.75, 3.05) is 6.61 Å². The zero-order valence-corrected chi connectivity index (χ0v) is 11.8. The van der Waals surface area contributed by atoms with Crippen molar-refractivity contribution in [2.45, 2.75) is 38.5 Å². The molecular weight excluding hydrogens is 302 g/mol. The van der Waals surface area contributed by atoms with Crippen molar-refractivity contribution in [3.05, 3.63) is 28.2 Å². The molecule has 1 aromatic carbocycles. The maximum atomic E-state index is 12.7. The Morgan fingerprint density at radius 3 is 2.61 bits per heavy atom. The fourth-order valence-electron chi connectivity index (χ4n) is 2.35. The summed E-state index contributed by atoms with van der Waals surface area (Å²) in [6.07, 6.45) is 3.74. The van der Waals surface area contributed by atoms with Crippen LogP contribution in [-0.2, 0) is 0 Å². The van der Waals surface area contributed by atoms with Crippen molar-refractivity contribution in [1.29, 1.82) is 0 Å². The molecule has 0 amide bonds. The molecule has 0 spiro atoms. The van der Waals surface area contributed by atoms with Crippen LogP contribution in [0.5, 0.6) is 5.75 Å². The van der Waals surface area contributed by atoms with Gasteiger partial charge in [0.05, 0.1) is 6.61 Å². The zero-order chi connectivity index (χ0) is 13.0. The molecule has 0 atom stereocenters. The summed E-state index contributed by atoms with van der Waals surface area (Å²) in [6.45, 7) is 0.643. The molecule has 0 aromatic heterocycles. The summed E-state index contributed by atoms with van der Waals surface area (Å²) in [5, 5.41) is 0. The van der Waals surface area contributed by atoms with Gasteiger partial charge in [-0.3, -0.25) is 0 Å².